The van der Waals surface area contributed by atoms with E-state index in [2.05, 4.69) is 4.74 Å². The minimum absolute atomic E-state index is 0.589. The molecule has 1 radical (unpaired) electrons. The first-order valence-electron chi connectivity index (χ1n) is 2.77. The van der Waals surface area contributed by atoms with Crippen molar-refractivity contribution >= 4 is 6.47 Å². The van der Waals surface area contributed by atoms with Crippen LogP contribution in [-0.2, 0) is 9.53 Å². The van der Waals surface area contributed by atoms with Gasteiger partial charge in [-0.25, -0.2) is 4.79 Å². The topological polar surface area (TPSA) is 50.1 Å². The lowest BCUT2D eigenvalue weighted by Crippen LogP contribution is -2.07. The van der Waals surface area contributed by atoms with E-state index in [0.29, 0.717) is 6.42 Å². The van der Waals surface area contributed by atoms with Crippen LogP contribution < -0.4 is 0 Å². The van der Waals surface area contributed by atoms with Crippen molar-refractivity contribution in [2.24, 2.45) is 0 Å². The summed E-state index contributed by atoms with van der Waals surface area (Å²) in [5.41, 5.74) is 0. The molecular formula is C6H8NO2. The first-order valence-corrected chi connectivity index (χ1v) is 2.77. The fourth-order valence-electron chi connectivity index (χ4n) is 0.470. The molecule has 0 saturated carbocycles. The summed E-state index contributed by atoms with van der Waals surface area (Å²) in [5.74, 6) is 0. The van der Waals surface area contributed by atoms with Crippen molar-refractivity contribution in [1.29, 1.82) is 5.26 Å². The summed E-state index contributed by atoms with van der Waals surface area (Å²) < 4.78 is 4.26. The van der Waals surface area contributed by atoms with E-state index in [-0.39, 0.29) is 0 Å². The number of nitrogens with zero attached hydrogens (tertiary/aromatic N) is 1. The van der Waals surface area contributed by atoms with E-state index in [0.717, 1.165) is 6.42 Å². The minimum Gasteiger partial charge on any atom is -0.439 e. The van der Waals surface area contributed by atoms with Crippen LogP contribution >= 0.6 is 0 Å². The Morgan fingerprint density at radius 1 is 1.78 bits per heavy atom. The van der Waals surface area contributed by atoms with E-state index in [1.807, 2.05) is 13.0 Å². The third-order valence-electron chi connectivity index (χ3n) is 0.885. The van der Waals surface area contributed by atoms with E-state index in [4.69, 9.17) is 5.26 Å². The summed E-state index contributed by atoms with van der Waals surface area (Å²) in [5, 5.41) is 8.23. The molecule has 0 aromatic rings. The molecule has 0 N–H and O–H groups in total. The van der Waals surface area contributed by atoms with Gasteiger partial charge in [0, 0.05) is 0 Å². The smallest absolute Gasteiger partial charge is 0.418 e. The van der Waals surface area contributed by atoms with Gasteiger partial charge in [0.05, 0.1) is 0 Å². The van der Waals surface area contributed by atoms with Crippen molar-refractivity contribution < 1.29 is 9.53 Å². The van der Waals surface area contributed by atoms with Gasteiger partial charge in [-0.15, -0.1) is 0 Å². The van der Waals surface area contributed by atoms with Crippen LogP contribution in [0.2, 0.25) is 0 Å². The molecule has 0 aliphatic rings. The largest absolute Gasteiger partial charge is 0.439 e. The second kappa shape index (κ2) is 5.10. The zero-order chi connectivity index (χ0) is 7.11. The minimum atomic E-state index is -0.604. The van der Waals surface area contributed by atoms with Crippen LogP contribution in [0.15, 0.2) is 0 Å². The Hall–Kier alpha value is -1.04. The summed E-state index contributed by atoms with van der Waals surface area (Å²) in [7, 11) is 0. The van der Waals surface area contributed by atoms with Crippen LogP contribution in [0.25, 0.3) is 0 Å². The van der Waals surface area contributed by atoms with Crippen LogP contribution in [0.1, 0.15) is 19.8 Å². The Labute approximate surface area is 54.2 Å². The van der Waals surface area contributed by atoms with Gasteiger partial charge in [0.1, 0.15) is 6.07 Å². The normalized spacial score (nSPS) is 11.6. The molecule has 3 nitrogen and oxygen atoms in total. The van der Waals surface area contributed by atoms with E-state index in [1.54, 1.807) is 0 Å². The molecule has 0 aromatic carbocycles. The highest BCUT2D eigenvalue weighted by Crippen LogP contribution is 1.97. The molecule has 0 amide bonds. The Morgan fingerprint density at radius 2 is 2.44 bits per heavy atom. The predicted octanol–water partition coefficient (Wildman–Crippen LogP) is 0.762. The van der Waals surface area contributed by atoms with E-state index in [1.165, 1.54) is 6.47 Å². The maximum atomic E-state index is 9.55. The number of rotatable bonds is 4. The zero-order valence-corrected chi connectivity index (χ0v) is 5.26. The van der Waals surface area contributed by atoms with Crippen molar-refractivity contribution in [2.45, 2.75) is 25.9 Å². The molecule has 3 heteroatoms. The molecule has 0 aliphatic carbocycles. The number of hydrogen-bond acceptors (Lipinski definition) is 3. The van der Waals surface area contributed by atoms with Crippen molar-refractivity contribution in [3.8, 4) is 6.07 Å². The summed E-state index contributed by atoms with van der Waals surface area (Å²) in [6, 6.07) is 1.82. The number of carbonyl (C=O) groups excluding carboxylic acids is 1. The first-order chi connectivity index (χ1) is 4.35. The molecule has 0 heterocycles. The second-order valence-corrected chi connectivity index (χ2v) is 1.61. The number of hydrogen-bond donors (Lipinski definition) is 0. The Balaban J connectivity index is 3.44. The van der Waals surface area contributed by atoms with Crippen molar-refractivity contribution in [3.63, 3.8) is 0 Å². The predicted molar refractivity (Wildman–Crippen MR) is 31.1 cm³/mol. The Morgan fingerprint density at radius 3 is 2.78 bits per heavy atom. The molecule has 9 heavy (non-hydrogen) atoms. The van der Waals surface area contributed by atoms with Crippen LogP contribution in [0, 0.1) is 11.3 Å². The average molecular weight is 126 g/mol. The standard InChI is InChI=1S/C6H8NO2/c1-2-3-6(4-7)9-5-8/h6H,2-3H2,1H3. The second-order valence-electron chi connectivity index (χ2n) is 1.61. The van der Waals surface area contributed by atoms with Gasteiger partial charge < -0.3 is 4.74 Å². The van der Waals surface area contributed by atoms with Crippen LogP contribution in [0.4, 0.5) is 0 Å². The third kappa shape index (κ3) is 3.53. The fourth-order valence-corrected chi connectivity index (χ4v) is 0.470. The lowest BCUT2D eigenvalue weighted by atomic mass is 10.2. The van der Waals surface area contributed by atoms with Crippen LogP contribution in [-0.4, -0.2) is 12.6 Å². The molecule has 49 valence electrons. The summed E-state index contributed by atoms with van der Waals surface area (Å²) in [4.78, 5) is 9.55. The van der Waals surface area contributed by atoms with Crippen molar-refractivity contribution in [1.82, 2.24) is 0 Å². The van der Waals surface area contributed by atoms with E-state index in [9.17, 15) is 4.79 Å². The van der Waals surface area contributed by atoms with Gasteiger partial charge in [-0.3, -0.25) is 0 Å². The molecule has 1 unspecified atom stereocenters. The van der Waals surface area contributed by atoms with E-state index >= 15 is 0 Å². The molecular weight excluding hydrogens is 118 g/mol. The number of nitriles is 1. The SMILES string of the molecule is CCCC(C#N)O[C]=O. The van der Waals surface area contributed by atoms with Gasteiger partial charge in [0.15, 0.2) is 6.10 Å². The highest BCUT2D eigenvalue weighted by molar-refractivity contribution is 5.39. The summed E-state index contributed by atoms with van der Waals surface area (Å²) in [6.45, 7) is 3.15. The van der Waals surface area contributed by atoms with Crippen LogP contribution in [0.5, 0.6) is 0 Å². The molecule has 0 bridgehead atoms. The van der Waals surface area contributed by atoms with Gasteiger partial charge in [-0.2, -0.15) is 5.26 Å². The molecule has 0 aromatic heterocycles. The molecule has 0 spiro atoms. The lowest BCUT2D eigenvalue weighted by molar-refractivity contribution is 0.215. The Kier molecular flexibility index (Phi) is 4.51. The maximum Gasteiger partial charge on any atom is 0.418 e. The molecule has 0 fully saturated rings. The molecule has 0 saturated heterocycles. The molecule has 1 atom stereocenters. The fraction of sp³-hybridized carbons (Fsp3) is 0.667. The van der Waals surface area contributed by atoms with Gasteiger partial charge in [-0.05, 0) is 6.42 Å². The molecule has 0 rings (SSSR count). The lowest BCUT2D eigenvalue weighted by Gasteiger charge is -2.00. The highest BCUT2D eigenvalue weighted by atomic mass is 16.5. The van der Waals surface area contributed by atoms with Crippen molar-refractivity contribution in [3.05, 3.63) is 0 Å². The highest BCUT2D eigenvalue weighted by Gasteiger charge is 2.03. The van der Waals surface area contributed by atoms with E-state index < -0.39 is 6.10 Å². The third-order valence-corrected chi connectivity index (χ3v) is 0.885. The Bertz CT molecular complexity index is 117. The summed E-state index contributed by atoms with van der Waals surface area (Å²) >= 11 is 0. The number of ether oxygens (including phenoxy) is 1. The monoisotopic (exact) mass is 126 g/mol. The average Bonchev–Trinajstić information content (AvgIpc) is 1.88. The van der Waals surface area contributed by atoms with Crippen molar-refractivity contribution in [2.75, 3.05) is 0 Å². The van der Waals surface area contributed by atoms with Gasteiger partial charge in [0.25, 0.3) is 0 Å². The quantitative estimate of drug-likeness (QED) is 0.558. The zero-order valence-electron chi connectivity index (χ0n) is 5.26. The van der Waals surface area contributed by atoms with Gasteiger partial charge >= 0.3 is 6.47 Å². The summed E-state index contributed by atoms with van der Waals surface area (Å²) in [6.07, 6.45) is 0.818. The van der Waals surface area contributed by atoms with Gasteiger partial charge in [-0.1, -0.05) is 13.3 Å². The first kappa shape index (κ1) is 7.96. The van der Waals surface area contributed by atoms with Crippen LogP contribution in [0.3, 0.4) is 0 Å². The van der Waals surface area contributed by atoms with Gasteiger partial charge in [0.2, 0.25) is 0 Å². The molecule has 0 aliphatic heterocycles. The maximum absolute atomic E-state index is 9.55.